The first-order valence-corrected chi connectivity index (χ1v) is 12.1. The van der Waals surface area contributed by atoms with Crippen LogP contribution >= 0.6 is 0 Å². The summed E-state index contributed by atoms with van der Waals surface area (Å²) in [6, 6.07) is 8.30. The third-order valence-corrected chi connectivity index (χ3v) is 6.71. The Morgan fingerprint density at radius 3 is 2.78 bits per heavy atom. The predicted molar refractivity (Wildman–Crippen MR) is 125 cm³/mol. The first-order valence-electron chi connectivity index (χ1n) is 12.1. The van der Waals surface area contributed by atoms with Gasteiger partial charge in [0.15, 0.2) is 0 Å². The summed E-state index contributed by atoms with van der Waals surface area (Å²) in [6.45, 7) is 8.02. The Morgan fingerprint density at radius 2 is 2.00 bits per heavy atom. The monoisotopic (exact) mass is 439 g/mol. The molecule has 32 heavy (non-hydrogen) atoms. The third kappa shape index (κ3) is 6.35. The molecular weight excluding hydrogens is 402 g/mol. The zero-order valence-electron chi connectivity index (χ0n) is 19.5. The van der Waals surface area contributed by atoms with E-state index >= 15 is 0 Å². The maximum absolute atomic E-state index is 13.3. The summed E-state index contributed by atoms with van der Waals surface area (Å²) in [5.74, 6) is 2.32. The molecule has 4 rings (SSSR count). The fraction of sp³-hybridized carbons (Fsp3) is 0.615. The maximum atomic E-state index is 13.3. The molecule has 0 spiro atoms. The zero-order valence-corrected chi connectivity index (χ0v) is 19.5. The molecule has 6 heteroatoms. The lowest BCUT2D eigenvalue weighted by molar-refractivity contribution is -0.135. The van der Waals surface area contributed by atoms with Crippen molar-refractivity contribution >= 4 is 11.8 Å². The van der Waals surface area contributed by atoms with Crippen molar-refractivity contribution in [3.8, 4) is 5.75 Å². The van der Waals surface area contributed by atoms with Crippen LogP contribution in [0, 0.1) is 17.8 Å². The Hall–Kier alpha value is -2.34. The van der Waals surface area contributed by atoms with Crippen molar-refractivity contribution in [1.82, 2.24) is 15.1 Å². The standard InChI is InChI=1S/C26H37N3O3/c1-19(2)27-25(30)14-21-11-12-29-17-22(21)7-5-13-32-24-8-4-3-6-23(24)16-28(18-26(29)31)15-20-9-10-20/h3-8,19-22H,9-18H2,1-2H3,(H,27,30)/b7-5-/t21-,22-/m0/s1. The van der Waals surface area contributed by atoms with Gasteiger partial charge in [-0.15, -0.1) is 0 Å². The molecule has 2 fully saturated rings. The van der Waals surface area contributed by atoms with Crippen molar-refractivity contribution in [2.45, 2.75) is 52.1 Å². The Kier molecular flexibility index (Phi) is 7.51. The van der Waals surface area contributed by atoms with Gasteiger partial charge in [-0.1, -0.05) is 30.4 Å². The van der Waals surface area contributed by atoms with E-state index in [0.717, 1.165) is 37.4 Å². The predicted octanol–water partition coefficient (Wildman–Crippen LogP) is 3.23. The fourth-order valence-electron chi connectivity index (χ4n) is 4.87. The Balaban J connectivity index is 1.52. The number of hydrogen-bond donors (Lipinski definition) is 1. The number of nitrogens with zero attached hydrogens (tertiary/aromatic N) is 2. The van der Waals surface area contributed by atoms with Crippen LogP contribution in [0.1, 0.15) is 45.1 Å². The summed E-state index contributed by atoms with van der Waals surface area (Å²) in [7, 11) is 0. The van der Waals surface area contributed by atoms with E-state index in [1.54, 1.807) is 0 Å². The number of ether oxygens (including phenoxy) is 1. The number of rotatable bonds is 5. The Bertz CT molecular complexity index is 833. The molecule has 1 aromatic rings. The van der Waals surface area contributed by atoms with Gasteiger partial charge in [-0.2, -0.15) is 0 Å². The average molecular weight is 440 g/mol. The molecule has 0 unspecified atom stereocenters. The van der Waals surface area contributed by atoms with Crippen molar-refractivity contribution in [3.63, 3.8) is 0 Å². The molecule has 2 atom stereocenters. The first-order chi connectivity index (χ1) is 15.5. The van der Waals surface area contributed by atoms with E-state index in [2.05, 4.69) is 28.4 Å². The minimum atomic E-state index is 0.0990. The van der Waals surface area contributed by atoms with Gasteiger partial charge in [0.25, 0.3) is 0 Å². The number of para-hydroxylation sites is 1. The van der Waals surface area contributed by atoms with E-state index in [1.165, 1.54) is 12.8 Å². The highest BCUT2D eigenvalue weighted by molar-refractivity contribution is 5.79. The van der Waals surface area contributed by atoms with E-state index in [0.29, 0.717) is 32.0 Å². The van der Waals surface area contributed by atoms with Gasteiger partial charge in [-0.3, -0.25) is 14.5 Å². The molecule has 2 bridgehead atoms. The normalized spacial score (nSPS) is 25.7. The van der Waals surface area contributed by atoms with Crippen LogP contribution in [0.4, 0.5) is 0 Å². The largest absolute Gasteiger partial charge is 0.489 e. The summed E-state index contributed by atoms with van der Waals surface area (Å²) < 4.78 is 6.11. The lowest BCUT2D eigenvalue weighted by Crippen LogP contribution is -2.48. The lowest BCUT2D eigenvalue weighted by Gasteiger charge is -2.38. The van der Waals surface area contributed by atoms with E-state index in [9.17, 15) is 9.59 Å². The van der Waals surface area contributed by atoms with Gasteiger partial charge in [0.05, 0.1) is 6.54 Å². The van der Waals surface area contributed by atoms with Crippen LogP contribution in [-0.2, 0) is 16.1 Å². The number of hydrogen-bond acceptors (Lipinski definition) is 4. The van der Waals surface area contributed by atoms with Gasteiger partial charge < -0.3 is 15.0 Å². The number of fused-ring (bicyclic) bond motifs is 3. The van der Waals surface area contributed by atoms with E-state index in [4.69, 9.17) is 4.74 Å². The Morgan fingerprint density at radius 1 is 1.19 bits per heavy atom. The molecule has 174 valence electrons. The summed E-state index contributed by atoms with van der Waals surface area (Å²) in [4.78, 5) is 30.0. The lowest BCUT2D eigenvalue weighted by atomic mass is 9.82. The molecule has 1 saturated carbocycles. The van der Waals surface area contributed by atoms with Crippen LogP contribution in [0.3, 0.4) is 0 Å². The highest BCUT2D eigenvalue weighted by Crippen LogP contribution is 2.32. The maximum Gasteiger partial charge on any atom is 0.236 e. The molecule has 1 N–H and O–H groups in total. The molecule has 0 radical (unpaired) electrons. The van der Waals surface area contributed by atoms with Gasteiger partial charge in [0.1, 0.15) is 12.4 Å². The molecule has 6 nitrogen and oxygen atoms in total. The minimum absolute atomic E-state index is 0.0990. The molecule has 2 heterocycles. The summed E-state index contributed by atoms with van der Waals surface area (Å²) >= 11 is 0. The van der Waals surface area contributed by atoms with Gasteiger partial charge in [0.2, 0.25) is 11.8 Å². The topological polar surface area (TPSA) is 61.9 Å². The summed E-state index contributed by atoms with van der Waals surface area (Å²) in [6.07, 6.45) is 8.11. The Labute approximate surface area is 192 Å². The van der Waals surface area contributed by atoms with Crippen LogP contribution < -0.4 is 10.1 Å². The number of benzene rings is 1. The second kappa shape index (κ2) is 10.5. The van der Waals surface area contributed by atoms with Crippen molar-refractivity contribution in [3.05, 3.63) is 42.0 Å². The number of nitrogens with one attached hydrogen (secondary N) is 1. The smallest absolute Gasteiger partial charge is 0.236 e. The quantitative estimate of drug-likeness (QED) is 0.716. The van der Waals surface area contributed by atoms with Crippen LogP contribution in [0.5, 0.6) is 5.75 Å². The molecule has 1 saturated heterocycles. The molecule has 1 aromatic carbocycles. The van der Waals surface area contributed by atoms with E-state index in [1.807, 2.05) is 36.9 Å². The summed E-state index contributed by atoms with van der Waals surface area (Å²) in [5, 5.41) is 3.02. The van der Waals surface area contributed by atoms with Crippen molar-refractivity contribution in [2.24, 2.45) is 17.8 Å². The zero-order chi connectivity index (χ0) is 22.5. The van der Waals surface area contributed by atoms with Crippen molar-refractivity contribution < 1.29 is 14.3 Å². The molecule has 1 aliphatic carbocycles. The minimum Gasteiger partial charge on any atom is -0.489 e. The number of carbonyl (C=O) groups is 2. The first kappa shape index (κ1) is 22.8. The second-order valence-corrected chi connectivity index (χ2v) is 9.94. The van der Waals surface area contributed by atoms with Gasteiger partial charge >= 0.3 is 0 Å². The third-order valence-electron chi connectivity index (χ3n) is 6.71. The van der Waals surface area contributed by atoms with E-state index < -0.39 is 0 Å². The van der Waals surface area contributed by atoms with Gasteiger partial charge in [0, 0.05) is 44.2 Å². The van der Waals surface area contributed by atoms with Crippen LogP contribution in [0.15, 0.2) is 36.4 Å². The average Bonchev–Trinajstić information content (AvgIpc) is 3.56. The van der Waals surface area contributed by atoms with Crippen LogP contribution in [0.25, 0.3) is 0 Å². The summed E-state index contributed by atoms with van der Waals surface area (Å²) in [5.41, 5.74) is 1.13. The molecule has 0 aromatic heterocycles. The number of amides is 2. The van der Waals surface area contributed by atoms with Gasteiger partial charge in [-0.05, 0) is 56.9 Å². The van der Waals surface area contributed by atoms with Gasteiger partial charge in [-0.25, -0.2) is 0 Å². The van der Waals surface area contributed by atoms with E-state index in [-0.39, 0.29) is 29.7 Å². The molecule has 2 aliphatic heterocycles. The number of carbonyl (C=O) groups excluding carboxylic acids is 2. The van der Waals surface area contributed by atoms with Crippen molar-refractivity contribution in [1.29, 1.82) is 0 Å². The SMILES string of the molecule is CC(C)NC(=O)C[C@@H]1CCN2C[C@@H]1/C=C\COc1ccccc1CN(CC1CC1)CC2=O. The number of piperidine rings is 1. The highest BCUT2D eigenvalue weighted by atomic mass is 16.5. The fourth-order valence-corrected chi connectivity index (χ4v) is 4.87. The molecule has 2 amide bonds. The molecular formula is C26H37N3O3. The van der Waals surface area contributed by atoms with Crippen LogP contribution in [-0.4, -0.2) is 60.4 Å². The molecule has 3 aliphatic rings. The van der Waals surface area contributed by atoms with Crippen molar-refractivity contribution in [2.75, 3.05) is 32.8 Å². The second-order valence-electron chi connectivity index (χ2n) is 9.94. The highest BCUT2D eigenvalue weighted by Gasteiger charge is 2.33. The van der Waals surface area contributed by atoms with Crippen LogP contribution in [0.2, 0.25) is 0 Å².